The van der Waals surface area contributed by atoms with Crippen LogP contribution in [0.15, 0.2) is 24.3 Å². The van der Waals surface area contributed by atoms with E-state index in [-0.39, 0.29) is 18.2 Å². The lowest BCUT2D eigenvalue weighted by Crippen LogP contribution is -2.57. The van der Waals surface area contributed by atoms with Gasteiger partial charge in [-0.25, -0.2) is 0 Å². The van der Waals surface area contributed by atoms with Gasteiger partial charge in [0.2, 0.25) is 5.91 Å². The van der Waals surface area contributed by atoms with Crippen molar-refractivity contribution >= 4 is 5.91 Å². The van der Waals surface area contributed by atoms with Gasteiger partial charge in [-0.15, -0.1) is 0 Å². The van der Waals surface area contributed by atoms with Gasteiger partial charge in [-0.05, 0) is 23.6 Å². The van der Waals surface area contributed by atoms with Crippen molar-refractivity contribution in [2.75, 3.05) is 39.8 Å². The standard InChI is InChI=1S/C18H26F3N3O2/c1-13(14-4-3-5-15(11-14)26-2)10-17(25)23-12-16(18(19,20)21)24-8-6-22-7-9-24/h3-5,11,13,16,22H,6-10,12H2,1-2H3,(H,23,25). The number of hydrogen-bond donors (Lipinski definition) is 2. The summed E-state index contributed by atoms with van der Waals surface area (Å²) < 4.78 is 45.2. The van der Waals surface area contributed by atoms with Gasteiger partial charge in [0.15, 0.2) is 0 Å². The number of hydrogen-bond acceptors (Lipinski definition) is 4. The average molecular weight is 373 g/mol. The van der Waals surface area contributed by atoms with Crippen LogP contribution >= 0.6 is 0 Å². The molecule has 1 aromatic carbocycles. The molecule has 1 amide bonds. The molecule has 146 valence electrons. The van der Waals surface area contributed by atoms with E-state index in [2.05, 4.69) is 10.6 Å². The van der Waals surface area contributed by atoms with Crippen molar-refractivity contribution in [3.8, 4) is 5.75 Å². The van der Waals surface area contributed by atoms with Crippen LogP contribution in [0.1, 0.15) is 24.8 Å². The maximum atomic E-state index is 13.3. The Morgan fingerprint density at radius 3 is 2.65 bits per heavy atom. The summed E-state index contributed by atoms with van der Waals surface area (Å²) in [7, 11) is 1.56. The largest absolute Gasteiger partial charge is 0.497 e. The Labute approximate surface area is 151 Å². The number of halogens is 3. The zero-order chi connectivity index (χ0) is 19.2. The molecule has 1 fully saturated rings. The summed E-state index contributed by atoms with van der Waals surface area (Å²) in [5, 5.41) is 5.50. The fourth-order valence-corrected chi connectivity index (χ4v) is 3.07. The van der Waals surface area contributed by atoms with Crippen LogP contribution in [-0.2, 0) is 4.79 Å². The van der Waals surface area contributed by atoms with E-state index < -0.39 is 18.8 Å². The van der Waals surface area contributed by atoms with Crippen molar-refractivity contribution in [2.24, 2.45) is 0 Å². The number of ether oxygens (including phenoxy) is 1. The molecule has 0 bridgehead atoms. The Kier molecular flexibility index (Phi) is 7.28. The average Bonchev–Trinajstić information content (AvgIpc) is 2.61. The Morgan fingerprint density at radius 1 is 1.35 bits per heavy atom. The van der Waals surface area contributed by atoms with Gasteiger partial charge in [-0.2, -0.15) is 13.2 Å². The molecule has 1 aliphatic rings. The molecule has 0 saturated carbocycles. The van der Waals surface area contributed by atoms with Gasteiger partial charge in [-0.3, -0.25) is 9.69 Å². The summed E-state index contributed by atoms with van der Waals surface area (Å²) in [5.74, 6) is 0.184. The van der Waals surface area contributed by atoms with E-state index in [4.69, 9.17) is 4.74 Å². The van der Waals surface area contributed by atoms with E-state index in [1.165, 1.54) is 4.90 Å². The first-order valence-electron chi connectivity index (χ1n) is 8.73. The summed E-state index contributed by atoms with van der Waals surface area (Å²) in [5.41, 5.74) is 0.911. The number of benzene rings is 1. The normalized spacial score (nSPS) is 18.2. The number of piperazine rings is 1. The van der Waals surface area contributed by atoms with Gasteiger partial charge in [0.1, 0.15) is 11.8 Å². The Bertz CT molecular complexity index is 589. The van der Waals surface area contributed by atoms with Crippen LogP contribution in [0, 0.1) is 0 Å². The van der Waals surface area contributed by atoms with Crippen molar-refractivity contribution in [2.45, 2.75) is 31.5 Å². The predicted octanol–water partition coefficient (Wildman–Crippen LogP) is 2.14. The summed E-state index contributed by atoms with van der Waals surface area (Å²) in [6.07, 6.45) is -4.25. The molecule has 1 aliphatic heterocycles. The van der Waals surface area contributed by atoms with Crippen LogP contribution in [0.3, 0.4) is 0 Å². The number of alkyl halides is 3. The minimum Gasteiger partial charge on any atom is -0.497 e. The molecule has 1 saturated heterocycles. The van der Waals surface area contributed by atoms with Crippen LogP contribution in [0.4, 0.5) is 13.2 Å². The van der Waals surface area contributed by atoms with E-state index in [0.717, 1.165) is 5.56 Å². The van der Waals surface area contributed by atoms with Crippen LogP contribution < -0.4 is 15.4 Å². The van der Waals surface area contributed by atoms with Crippen molar-refractivity contribution in [3.05, 3.63) is 29.8 Å². The molecule has 26 heavy (non-hydrogen) atoms. The summed E-state index contributed by atoms with van der Waals surface area (Å²) >= 11 is 0. The summed E-state index contributed by atoms with van der Waals surface area (Å²) in [4.78, 5) is 13.5. The minimum absolute atomic E-state index is 0.117. The molecule has 2 N–H and O–H groups in total. The van der Waals surface area contributed by atoms with E-state index in [9.17, 15) is 18.0 Å². The molecule has 0 aliphatic carbocycles. The molecule has 0 aromatic heterocycles. The number of nitrogens with zero attached hydrogens (tertiary/aromatic N) is 1. The molecule has 0 spiro atoms. The fraction of sp³-hybridized carbons (Fsp3) is 0.611. The van der Waals surface area contributed by atoms with Crippen molar-refractivity contribution in [3.63, 3.8) is 0 Å². The highest BCUT2D eigenvalue weighted by molar-refractivity contribution is 5.76. The molecule has 0 radical (unpaired) electrons. The van der Waals surface area contributed by atoms with Crippen molar-refractivity contribution in [1.29, 1.82) is 0 Å². The molecule has 2 rings (SSSR count). The van der Waals surface area contributed by atoms with Crippen LogP contribution in [0.5, 0.6) is 5.75 Å². The monoisotopic (exact) mass is 373 g/mol. The SMILES string of the molecule is COc1cccc(C(C)CC(=O)NCC(N2CCNCC2)C(F)(F)F)c1. The molecule has 2 unspecified atom stereocenters. The number of methoxy groups -OCH3 is 1. The second-order valence-corrected chi connectivity index (χ2v) is 6.53. The lowest BCUT2D eigenvalue weighted by atomic mass is 9.97. The van der Waals surface area contributed by atoms with Crippen molar-refractivity contribution < 1.29 is 22.7 Å². The zero-order valence-electron chi connectivity index (χ0n) is 15.1. The molecule has 1 aromatic rings. The summed E-state index contributed by atoms with van der Waals surface area (Å²) in [6, 6.07) is 5.68. The maximum absolute atomic E-state index is 13.3. The topological polar surface area (TPSA) is 53.6 Å². The quantitative estimate of drug-likeness (QED) is 0.769. The number of rotatable bonds is 7. The first-order valence-corrected chi connectivity index (χ1v) is 8.73. The minimum atomic E-state index is -4.37. The number of amides is 1. The molecule has 5 nitrogen and oxygen atoms in total. The lowest BCUT2D eigenvalue weighted by molar-refractivity contribution is -0.184. The van der Waals surface area contributed by atoms with Gasteiger partial charge in [-0.1, -0.05) is 19.1 Å². The molecule has 2 atom stereocenters. The number of nitrogens with one attached hydrogen (secondary N) is 2. The third-order valence-electron chi connectivity index (χ3n) is 4.62. The molecule has 1 heterocycles. The van der Waals surface area contributed by atoms with Crippen LogP contribution in [0.2, 0.25) is 0 Å². The third kappa shape index (κ3) is 5.88. The Hall–Kier alpha value is -1.80. The Balaban J connectivity index is 1.90. The van der Waals surface area contributed by atoms with Gasteiger partial charge < -0.3 is 15.4 Å². The first kappa shape index (κ1) is 20.5. The van der Waals surface area contributed by atoms with E-state index >= 15 is 0 Å². The molecular formula is C18H26F3N3O2. The molecule has 8 heteroatoms. The highest BCUT2D eigenvalue weighted by Gasteiger charge is 2.43. The van der Waals surface area contributed by atoms with Gasteiger partial charge in [0.05, 0.1) is 7.11 Å². The van der Waals surface area contributed by atoms with E-state index in [1.54, 1.807) is 13.2 Å². The van der Waals surface area contributed by atoms with Gasteiger partial charge >= 0.3 is 6.18 Å². The van der Waals surface area contributed by atoms with Gasteiger partial charge in [0.25, 0.3) is 0 Å². The highest BCUT2D eigenvalue weighted by atomic mass is 19.4. The second-order valence-electron chi connectivity index (χ2n) is 6.53. The van der Waals surface area contributed by atoms with Gasteiger partial charge in [0, 0.05) is 39.1 Å². The number of carbonyl (C=O) groups excluding carboxylic acids is 1. The zero-order valence-corrected chi connectivity index (χ0v) is 15.1. The number of carbonyl (C=O) groups is 1. The van der Waals surface area contributed by atoms with Crippen LogP contribution in [-0.4, -0.2) is 62.9 Å². The predicted molar refractivity (Wildman–Crippen MR) is 93.3 cm³/mol. The first-order chi connectivity index (χ1) is 12.3. The molecular weight excluding hydrogens is 347 g/mol. The summed E-state index contributed by atoms with van der Waals surface area (Å²) in [6.45, 7) is 3.13. The van der Waals surface area contributed by atoms with E-state index in [0.29, 0.717) is 31.9 Å². The third-order valence-corrected chi connectivity index (χ3v) is 4.62. The fourth-order valence-electron chi connectivity index (χ4n) is 3.07. The van der Waals surface area contributed by atoms with Crippen molar-refractivity contribution in [1.82, 2.24) is 15.5 Å². The second kappa shape index (κ2) is 9.23. The highest BCUT2D eigenvalue weighted by Crippen LogP contribution is 2.26. The Morgan fingerprint density at radius 2 is 2.04 bits per heavy atom. The van der Waals surface area contributed by atoms with E-state index in [1.807, 2.05) is 25.1 Å². The lowest BCUT2D eigenvalue weighted by Gasteiger charge is -2.36. The maximum Gasteiger partial charge on any atom is 0.405 e. The van der Waals surface area contributed by atoms with Crippen LogP contribution in [0.25, 0.3) is 0 Å². The smallest absolute Gasteiger partial charge is 0.405 e.